The Balaban J connectivity index is 2.07. The van der Waals surface area contributed by atoms with E-state index in [2.05, 4.69) is 25.9 Å². The fourth-order valence-electron chi connectivity index (χ4n) is 1.87. The summed E-state index contributed by atoms with van der Waals surface area (Å²) in [6, 6.07) is 11.8. The van der Waals surface area contributed by atoms with Gasteiger partial charge in [0.25, 0.3) is 0 Å². The first-order chi connectivity index (χ1) is 9.22. The number of aryl methyl sites for hydroxylation is 1. The number of halogens is 1. The zero-order valence-corrected chi connectivity index (χ0v) is 11.9. The van der Waals surface area contributed by atoms with Crippen molar-refractivity contribution in [2.75, 3.05) is 0 Å². The van der Waals surface area contributed by atoms with Crippen molar-refractivity contribution in [1.82, 2.24) is 9.97 Å². The van der Waals surface area contributed by atoms with Crippen molar-refractivity contribution in [1.29, 1.82) is 0 Å². The molecule has 2 aromatic heterocycles. The lowest BCUT2D eigenvalue weighted by molar-refractivity contribution is 0.484. The van der Waals surface area contributed by atoms with E-state index >= 15 is 0 Å². The summed E-state index contributed by atoms with van der Waals surface area (Å²) in [7, 11) is 0. The summed E-state index contributed by atoms with van der Waals surface area (Å²) in [5.41, 5.74) is 1.83. The number of fused-ring (bicyclic) bond motifs is 1. The van der Waals surface area contributed by atoms with Crippen molar-refractivity contribution >= 4 is 26.8 Å². The molecule has 4 heteroatoms. The molecule has 2 heterocycles. The van der Waals surface area contributed by atoms with Gasteiger partial charge in [-0.3, -0.25) is 4.98 Å². The molecule has 0 aliphatic heterocycles. The van der Waals surface area contributed by atoms with Gasteiger partial charge in [0.15, 0.2) is 5.75 Å². The lowest BCUT2D eigenvalue weighted by Crippen LogP contribution is -1.90. The SMILES string of the molecule is Cc1ccc2cccc(Oc3cncc(Br)c3)c2n1. The van der Waals surface area contributed by atoms with Crippen LogP contribution in [0.4, 0.5) is 0 Å². The van der Waals surface area contributed by atoms with Gasteiger partial charge >= 0.3 is 0 Å². The van der Waals surface area contributed by atoms with Crippen molar-refractivity contribution < 1.29 is 4.74 Å². The molecule has 3 nitrogen and oxygen atoms in total. The molecule has 0 unspecified atom stereocenters. The Bertz CT molecular complexity index is 743. The van der Waals surface area contributed by atoms with E-state index in [1.807, 2.05) is 43.3 Å². The van der Waals surface area contributed by atoms with Gasteiger partial charge in [0.1, 0.15) is 11.3 Å². The van der Waals surface area contributed by atoms with Gasteiger partial charge in [-0.15, -0.1) is 0 Å². The zero-order valence-electron chi connectivity index (χ0n) is 10.3. The van der Waals surface area contributed by atoms with E-state index in [4.69, 9.17) is 4.74 Å². The number of nitrogens with zero attached hydrogens (tertiary/aromatic N) is 2. The molecule has 0 saturated heterocycles. The molecule has 0 amide bonds. The molecular weight excluding hydrogens is 304 g/mol. The third kappa shape index (κ3) is 2.58. The van der Waals surface area contributed by atoms with Crippen LogP contribution in [0.15, 0.2) is 53.3 Å². The smallest absolute Gasteiger partial charge is 0.153 e. The van der Waals surface area contributed by atoms with Crippen LogP contribution in [0.5, 0.6) is 11.5 Å². The third-order valence-corrected chi connectivity index (χ3v) is 3.16. The van der Waals surface area contributed by atoms with Crippen LogP contribution < -0.4 is 4.74 Å². The van der Waals surface area contributed by atoms with Crippen molar-refractivity contribution in [2.24, 2.45) is 0 Å². The predicted octanol–water partition coefficient (Wildman–Crippen LogP) is 4.49. The van der Waals surface area contributed by atoms with Crippen molar-refractivity contribution in [2.45, 2.75) is 6.92 Å². The van der Waals surface area contributed by atoms with Gasteiger partial charge in [0.05, 0.1) is 6.20 Å². The summed E-state index contributed by atoms with van der Waals surface area (Å²) >= 11 is 3.38. The average molecular weight is 315 g/mol. The Morgan fingerprint density at radius 1 is 1.11 bits per heavy atom. The molecule has 94 valence electrons. The highest BCUT2D eigenvalue weighted by Crippen LogP contribution is 2.29. The molecule has 0 saturated carbocycles. The van der Waals surface area contributed by atoms with Crippen LogP contribution in [-0.4, -0.2) is 9.97 Å². The first-order valence-corrected chi connectivity index (χ1v) is 6.66. The second-order valence-corrected chi connectivity index (χ2v) is 5.14. The minimum Gasteiger partial charge on any atom is -0.453 e. The van der Waals surface area contributed by atoms with Crippen LogP contribution in [0.2, 0.25) is 0 Å². The molecule has 0 aliphatic carbocycles. The van der Waals surface area contributed by atoms with E-state index in [1.165, 1.54) is 0 Å². The molecule has 1 aromatic carbocycles. The van der Waals surface area contributed by atoms with Gasteiger partial charge in [0, 0.05) is 21.7 Å². The largest absolute Gasteiger partial charge is 0.453 e. The summed E-state index contributed by atoms with van der Waals surface area (Å²) < 4.78 is 6.76. The van der Waals surface area contributed by atoms with Gasteiger partial charge in [-0.05, 0) is 41.1 Å². The first kappa shape index (κ1) is 12.1. The Kier molecular flexibility index (Phi) is 3.17. The quantitative estimate of drug-likeness (QED) is 0.699. The van der Waals surface area contributed by atoms with Crippen molar-refractivity contribution in [3.63, 3.8) is 0 Å². The summed E-state index contributed by atoms with van der Waals surface area (Å²) in [5.74, 6) is 1.42. The lowest BCUT2D eigenvalue weighted by Gasteiger charge is -2.08. The van der Waals surface area contributed by atoms with Crippen LogP contribution in [0.3, 0.4) is 0 Å². The molecule has 0 fully saturated rings. The summed E-state index contributed by atoms with van der Waals surface area (Å²) in [6.45, 7) is 1.97. The second-order valence-electron chi connectivity index (χ2n) is 4.22. The van der Waals surface area contributed by atoms with Crippen LogP contribution in [0.25, 0.3) is 10.9 Å². The zero-order chi connectivity index (χ0) is 13.2. The Hall–Kier alpha value is -1.94. The van der Waals surface area contributed by atoms with Gasteiger partial charge in [-0.2, -0.15) is 0 Å². The summed E-state index contributed by atoms with van der Waals surface area (Å²) in [5, 5.41) is 1.06. The number of hydrogen-bond acceptors (Lipinski definition) is 3. The fourth-order valence-corrected chi connectivity index (χ4v) is 2.22. The highest BCUT2D eigenvalue weighted by atomic mass is 79.9. The first-order valence-electron chi connectivity index (χ1n) is 5.87. The molecule has 0 atom stereocenters. The van der Waals surface area contributed by atoms with E-state index in [0.717, 1.165) is 26.8 Å². The minimum atomic E-state index is 0.685. The molecule has 19 heavy (non-hydrogen) atoms. The molecule has 3 rings (SSSR count). The maximum absolute atomic E-state index is 5.87. The second kappa shape index (κ2) is 4.97. The molecule has 3 aromatic rings. The molecular formula is C15H11BrN2O. The molecule has 0 radical (unpaired) electrons. The number of ether oxygens (including phenoxy) is 1. The third-order valence-electron chi connectivity index (χ3n) is 2.73. The minimum absolute atomic E-state index is 0.685. The van der Waals surface area contributed by atoms with Crippen molar-refractivity contribution in [3.05, 3.63) is 59.0 Å². The highest BCUT2D eigenvalue weighted by Gasteiger charge is 2.05. The van der Waals surface area contributed by atoms with E-state index < -0.39 is 0 Å². The number of rotatable bonds is 2. The maximum Gasteiger partial charge on any atom is 0.153 e. The highest BCUT2D eigenvalue weighted by molar-refractivity contribution is 9.10. The number of para-hydroxylation sites is 1. The summed E-state index contributed by atoms with van der Waals surface area (Å²) in [4.78, 5) is 8.62. The average Bonchev–Trinajstić information content (AvgIpc) is 2.39. The van der Waals surface area contributed by atoms with Crippen LogP contribution in [-0.2, 0) is 0 Å². The monoisotopic (exact) mass is 314 g/mol. The molecule has 0 bridgehead atoms. The number of benzene rings is 1. The maximum atomic E-state index is 5.87. The van der Waals surface area contributed by atoms with Crippen LogP contribution in [0, 0.1) is 6.92 Å². The van der Waals surface area contributed by atoms with Gasteiger partial charge in [0.2, 0.25) is 0 Å². The van der Waals surface area contributed by atoms with Gasteiger partial charge < -0.3 is 4.74 Å². The van der Waals surface area contributed by atoms with Crippen molar-refractivity contribution in [3.8, 4) is 11.5 Å². The summed E-state index contributed by atoms with van der Waals surface area (Å²) in [6.07, 6.45) is 3.40. The Labute approximate surface area is 119 Å². The standard InChI is InChI=1S/C15H11BrN2O/c1-10-5-6-11-3-2-4-14(15(11)18-10)19-13-7-12(16)8-17-9-13/h2-9H,1H3. The van der Waals surface area contributed by atoms with E-state index in [1.54, 1.807) is 12.4 Å². The topological polar surface area (TPSA) is 35.0 Å². The van der Waals surface area contributed by atoms with Crippen LogP contribution >= 0.6 is 15.9 Å². The van der Waals surface area contributed by atoms with E-state index in [-0.39, 0.29) is 0 Å². The van der Waals surface area contributed by atoms with E-state index in [9.17, 15) is 0 Å². The van der Waals surface area contributed by atoms with Gasteiger partial charge in [-0.25, -0.2) is 4.98 Å². The molecule has 0 N–H and O–H groups in total. The molecule has 0 aliphatic rings. The fraction of sp³-hybridized carbons (Fsp3) is 0.0667. The van der Waals surface area contributed by atoms with E-state index in [0.29, 0.717) is 5.75 Å². The van der Waals surface area contributed by atoms with Gasteiger partial charge in [-0.1, -0.05) is 18.2 Å². The number of pyridine rings is 2. The molecule has 0 spiro atoms. The lowest BCUT2D eigenvalue weighted by atomic mass is 10.2. The predicted molar refractivity (Wildman–Crippen MR) is 78.5 cm³/mol. The number of hydrogen-bond donors (Lipinski definition) is 0. The van der Waals surface area contributed by atoms with Crippen LogP contribution in [0.1, 0.15) is 5.69 Å². The Morgan fingerprint density at radius 2 is 2.00 bits per heavy atom. The normalized spacial score (nSPS) is 10.6. The Morgan fingerprint density at radius 3 is 2.84 bits per heavy atom. The number of aromatic nitrogens is 2.